The standard InChI is InChI=1S/C10H15N5O2S/c11-9(18)10-12-6-15(14-10)5-8(16)13-7-1-3-17-4-2-7/h6-7H,1-5H2,(H2,11,18)(H,13,16). The normalized spacial score (nSPS) is 16.4. The second kappa shape index (κ2) is 5.87. The summed E-state index contributed by atoms with van der Waals surface area (Å²) in [7, 11) is 0. The number of aromatic nitrogens is 3. The molecule has 2 rings (SSSR count). The number of hydrogen-bond acceptors (Lipinski definition) is 5. The predicted octanol–water partition coefficient (Wildman–Crippen LogP) is -0.792. The summed E-state index contributed by atoms with van der Waals surface area (Å²) in [5.41, 5.74) is 5.39. The van der Waals surface area contributed by atoms with Crippen molar-refractivity contribution in [2.24, 2.45) is 5.73 Å². The third-order valence-corrected chi connectivity index (χ3v) is 2.83. The summed E-state index contributed by atoms with van der Waals surface area (Å²) in [5.74, 6) is 0.185. The van der Waals surface area contributed by atoms with Gasteiger partial charge in [0, 0.05) is 19.3 Å². The molecule has 7 nitrogen and oxygen atoms in total. The fourth-order valence-corrected chi connectivity index (χ4v) is 1.84. The van der Waals surface area contributed by atoms with Crippen LogP contribution in [0.3, 0.4) is 0 Å². The Labute approximate surface area is 110 Å². The van der Waals surface area contributed by atoms with Gasteiger partial charge in [-0.15, -0.1) is 5.10 Å². The Morgan fingerprint density at radius 1 is 1.61 bits per heavy atom. The van der Waals surface area contributed by atoms with Crippen LogP contribution in [0, 0.1) is 0 Å². The lowest BCUT2D eigenvalue weighted by Crippen LogP contribution is -2.40. The van der Waals surface area contributed by atoms with E-state index >= 15 is 0 Å². The highest BCUT2D eigenvalue weighted by Crippen LogP contribution is 2.05. The number of nitrogens with one attached hydrogen (secondary N) is 1. The number of rotatable bonds is 4. The van der Waals surface area contributed by atoms with Crippen LogP contribution in [0.5, 0.6) is 0 Å². The lowest BCUT2D eigenvalue weighted by atomic mass is 10.1. The minimum absolute atomic E-state index is 0.0960. The van der Waals surface area contributed by atoms with Gasteiger partial charge in [-0.25, -0.2) is 9.67 Å². The van der Waals surface area contributed by atoms with Crippen LogP contribution in [0.15, 0.2) is 6.33 Å². The second-order valence-electron chi connectivity index (χ2n) is 4.08. The zero-order valence-corrected chi connectivity index (χ0v) is 10.7. The maximum absolute atomic E-state index is 11.8. The van der Waals surface area contributed by atoms with E-state index in [1.165, 1.54) is 11.0 Å². The Morgan fingerprint density at radius 2 is 2.33 bits per heavy atom. The minimum Gasteiger partial charge on any atom is -0.387 e. The smallest absolute Gasteiger partial charge is 0.242 e. The van der Waals surface area contributed by atoms with E-state index in [2.05, 4.69) is 15.4 Å². The van der Waals surface area contributed by atoms with Crippen LogP contribution in [0.25, 0.3) is 0 Å². The Bertz CT molecular complexity index is 441. The highest BCUT2D eigenvalue weighted by atomic mass is 32.1. The molecule has 1 aliphatic heterocycles. The van der Waals surface area contributed by atoms with Crippen LogP contribution < -0.4 is 11.1 Å². The first-order valence-electron chi connectivity index (χ1n) is 5.71. The summed E-state index contributed by atoms with van der Waals surface area (Å²) in [6.45, 7) is 1.51. The fourth-order valence-electron chi connectivity index (χ4n) is 1.75. The summed E-state index contributed by atoms with van der Waals surface area (Å²) in [6, 6.07) is 0.185. The van der Waals surface area contributed by atoms with E-state index in [9.17, 15) is 4.79 Å². The van der Waals surface area contributed by atoms with Crippen molar-refractivity contribution in [2.45, 2.75) is 25.4 Å². The third kappa shape index (κ3) is 3.47. The molecule has 0 radical (unpaired) electrons. The largest absolute Gasteiger partial charge is 0.387 e. The van der Waals surface area contributed by atoms with Gasteiger partial charge in [-0.1, -0.05) is 12.2 Å². The van der Waals surface area contributed by atoms with Crippen LogP contribution >= 0.6 is 12.2 Å². The van der Waals surface area contributed by atoms with Crippen LogP contribution in [0.4, 0.5) is 0 Å². The third-order valence-electron chi connectivity index (χ3n) is 2.65. The molecule has 1 aromatic heterocycles. The highest BCUT2D eigenvalue weighted by molar-refractivity contribution is 7.80. The van der Waals surface area contributed by atoms with Crippen LogP contribution in [0.1, 0.15) is 18.7 Å². The van der Waals surface area contributed by atoms with Gasteiger partial charge in [0.05, 0.1) is 0 Å². The molecule has 3 N–H and O–H groups in total. The van der Waals surface area contributed by atoms with E-state index in [1.807, 2.05) is 0 Å². The molecule has 8 heteroatoms. The maximum atomic E-state index is 11.8. The molecule has 1 aromatic rings. The Kier molecular flexibility index (Phi) is 4.21. The lowest BCUT2D eigenvalue weighted by molar-refractivity contribution is -0.123. The van der Waals surface area contributed by atoms with Crippen molar-refractivity contribution in [3.63, 3.8) is 0 Å². The van der Waals surface area contributed by atoms with Crippen molar-refractivity contribution in [1.82, 2.24) is 20.1 Å². The van der Waals surface area contributed by atoms with E-state index in [4.69, 9.17) is 22.7 Å². The summed E-state index contributed by atoms with van der Waals surface area (Å²) in [5, 5.41) is 6.93. The molecule has 0 unspecified atom stereocenters. The van der Waals surface area contributed by atoms with Crippen molar-refractivity contribution in [3.05, 3.63) is 12.2 Å². The van der Waals surface area contributed by atoms with E-state index in [-0.39, 0.29) is 29.3 Å². The quantitative estimate of drug-likeness (QED) is 0.695. The minimum atomic E-state index is -0.0960. The van der Waals surface area contributed by atoms with Crippen molar-refractivity contribution in [1.29, 1.82) is 0 Å². The number of amides is 1. The topological polar surface area (TPSA) is 95.1 Å². The summed E-state index contributed by atoms with van der Waals surface area (Å²) < 4.78 is 6.64. The number of ether oxygens (including phenoxy) is 1. The first kappa shape index (κ1) is 12.9. The summed E-state index contributed by atoms with van der Waals surface area (Å²) in [4.78, 5) is 15.8. The summed E-state index contributed by atoms with van der Waals surface area (Å²) in [6.07, 6.45) is 3.14. The number of nitrogens with zero attached hydrogens (tertiary/aromatic N) is 3. The van der Waals surface area contributed by atoms with Crippen molar-refractivity contribution >= 4 is 23.1 Å². The van der Waals surface area contributed by atoms with Gasteiger partial charge in [0.2, 0.25) is 11.7 Å². The molecule has 1 amide bonds. The van der Waals surface area contributed by atoms with Crippen LogP contribution in [-0.2, 0) is 16.1 Å². The highest BCUT2D eigenvalue weighted by Gasteiger charge is 2.16. The first-order chi connectivity index (χ1) is 8.65. The zero-order chi connectivity index (χ0) is 13.0. The van der Waals surface area contributed by atoms with Gasteiger partial charge in [-0.05, 0) is 12.8 Å². The SMILES string of the molecule is NC(=S)c1ncn(CC(=O)NC2CCOCC2)n1. The van der Waals surface area contributed by atoms with Crippen LogP contribution in [-0.4, -0.2) is 44.9 Å². The van der Waals surface area contributed by atoms with Crippen molar-refractivity contribution in [3.8, 4) is 0 Å². The first-order valence-corrected chi connectivity index (χ1v) is 6.12. The van der Waals surface area contributed by atoms with Crippen LogP contribution in [0.2, 0.25) is 0 Å². The number of thiocarbonyl (C=S) groups is 1. The van der Waals surface area contributed by atoms with Gasteiger partial charge in [-0.3, -0.25) is 4.79 Å². The van der Waals surface area contributed by atoms with E-state index in [0.29, 0.717) is 13.2 Å². The molecule has 0 saturated carbocycles. The number of hydrogen-bond donors (Lipinski definition) is 2. The predicted molar refractivity (Wildman–Crippen MR) is 67.9 cm³/mol. The Hall–Kier alpha value is -1.54. The number of carbonyl (C=O) groups is 1. The molecule has 0 atom stereocenters. The molecular formula is C10H15N5O2S. The monoisotopic (exact) mass is 269 g/mol. The summed E-state index contributed by atoms with van der Waals surface area (Å²) >= 11 is 4.74. The number of carbonyl (C=O) groups excluding carboxylic acids is 1. The lowest BCUT2D eigenvalue weighted by Gasteiger charge is -2.22. The van der Waals surface area contributed by atoms with E-state index in [0.717, 1.165) is 12.8 Å². The van der Waals surface area contributed by atoms with Crippen molar-refractivity contribution in [2.75, 3.05) is 13.2 Å². The molecule has 2 heterocycles. The van der Waals surface area contributed by atoms with Gasteiger partial charge in [-0.2, -0.15) is 0 Å². The molecule has 0 aliphatic carbocycles. The van der Waals surface area contributed by atoms with Gasteiger partial charge in [0.1, 0.15) is 17.9 Å². The Balaban J connectivity index is 1.84. The number of nitrogens with two attached hydrogens (primary N) is 1. The average Bonchev–Trinajstić information content (AvgIpc) is 2.78. The molecule has 0 aromatic carbocycles. The molecular weight excluding hydrogens is 254 g/mol. The van der Waals surface area contributed by atoms with Gasteiger partial charge >= 0.3 is 0 Å². The molecule has 0 spiro atoms. The van der Waals surface area contributed by atoms with Gasteiger partial charge < -0.3 is 15.8 Å². The van der Waals surface area contributed by atoms with E-state index in [1.54, 1.807) is 0 Å². The molecule has 18 heavy (non-hydrogen) atoms. The van der Waals surface area contributed by atoms with E-state index < -0.39 is 0 Å². The molecule has 98 valence electrons. The molecule has 0 bridgehead atoms. The fraction of sp³-hybridized carbons (Fsp3) is 0.600. The zero-order valence-electron chi connectivity index (χ0n) is 9.83. The van der Waals surface area contributed by atoms with Crippen molar-refractivity contribution < 1.29 is 9.53 Å². The molecule has 1 saturated heterocycles. The Morgan fingerprint density at radius 3 is 2.94 bits per heavy atom. The molecule has 1 fully saturated rings. The van der Waals surface area contributed by atoms with Gasteiger partial charge in [0.25, 0.3) is 0 Å². The second-order valence-corrected chi connectivity index (χ2v) is 4.52. The van der Waals surface area contributed by atoms with Gasteiger partial charge in [0.15, 0.2) is 0 Å². The molecule has 1 aliphatic rings. The average molecular weight is 269 g/mol. The maximum Gasteiger partial charge on any atom is 0.242 e.